The summed E-state index contributed by atoms with van der Waals surface area (Å²) in [5, 5.41) is 23.1. The zero-order valence-corrected chi connectivity index (χ0v) is 18.6. The fraction of sp³-hybridized carbons (Fsp3) is 0.478. The van der Waals surface area contributed by atoms with E-state index in [9.17, 15) is 10.4 Å². The molecule has 4 rings (SSSR count). The van der Waals surface area contributed by atoms with Crippen molar-refractivity contribution in [2.75, 3.05) is 20.3 Å². The Hall–Kier alpha value is -2.89. The van der Waals surface area contributed by atoms with Crippen molar-refractivity contribution in [2.45, 2.75) is 49.3 Å². The average molecular weight is 473 g/mol. The smallest absolute Gasteiger partial charge is 0.190 e. The van der Waals surface area contributed by atoms with Crippen molar-refractivity contribution in [2.24, 2.45) is 5.11 Å². The van der Waals surface area contributed by atoms with Crippen LogP contribution < -0.4 is 9.47 Å². The van der Waals surface area contributed by atoms with E-state index in [1.165, 1.54) is 0 Å². The van der Waals surface area contributed by atoms with Crippen LogP contribution in [0.2, 0.25) is 0 Å². The normalized spacial score (nSPS) is 28.7. The molecule has 34 heavy (non-hydrogen) atoms. The van der Waals surface area contributed by atoms with Crippen LogP contribution in [0.5, 0.6) is 11.5 Å². The molecule has 0 aromatic heterocycles. The van der Waals surface area contributed by atoms with Gasteiger partial charge in [-0.25, -0.2) is 4.89 Å². The van der Waals surface area contributed by atoms with Crippen molar-refractivity contribution < 1.29 is 38.9 Å². The maximum Gasteiger partial charge on any atom is 0.190 e. The van der Waals surface area contributed by atoms with Crippen molar-refractivity contribution >= 4 is 0 Å². The Morgan fingerprint density at radius 3 is 2.53 bits per heavy atom. The number of hydrogen-bond acceptors (Lipinski definition) is 9. The molecule has 0 radical (unpaired) electrons. The van der Waals surface area contributed by atoms with Crippen LogP contribution in [0.3, 0.4) is 0 Å². The van der Waals surface area contributed by atoms with Crippen LogP contribution in [0.25, 0.3) is 10.4 Å². The third-order valence-corrected chi connectivity index (χ3v) is 6.14. The Labute approximate surface area is 196 Å². The zero-order chi connectivity index (χ0) is 24.0. The van der Waals surface area contributed by atoms with Crippen LogP contribution >= 0.6 is 0 Å². The third-order valence-electron chi connectivity index (χ3n) is 6.14. The first-order valence-electron chi connectivity index (χ1n) is 10.8. The van der Waals surface area contributed by atoms with E-state index < -0.39 is 42.9 Å². The summed E-state index contributed by atoms with van der Waals surface area (Å²) in [5.41, 5.74) is 8.60. The monoisotopic (exact) mass is 473 g/mol. The molecule has 11 nitrogen and oxygen atoms in total. The van der Waals surface area contributed by atoms with Crippen LogP contribution in [0.15, 0.2) is 59.7 Å². The molecule has 2 heterocycles. The molecular weight excluding hydrogens is 446 g/mol. The number of aliphatic hydroxyl groups is 1. The quantitative estimate of drug-likeness (QED) is 0.167. The van der Waals surface area contributed by atoms with Crippen molar-refractivity contribution in [3.05, 3.63) is 70.6 Å². The van der Waals surface area contributed by atoms with E-state index in [0.717, 1.165) is 5.56 Å². The van der Waals surface area contributed by atoms with Gasteiger partial charge < -0.3 is 28.8 Å². The molecule has 2 aromatic rings. The average Bonchev–Trinajstić information content (AvgIpc) is 3.06. The Balaban J connectivity index is 1.59. The summed E-state index contributed by atoms with van der Waals surface area (Å²) >= 11 is 0. The lowest BCUT2D eigenvalue weighted by atomic mass is 9.82. The van der Waals surface area contributed by atoms with Crippen molar-refractivity contribution in [1.29, 1.82) is 0 Å². The summed E-state index contributed by atoms with van der Waals surface area (Å²) < 4.78 is 29.5. The van der Waals surface area contributed by atoms with Crippen LogP contribution in [0, 0.1) is 0 Å². The lowest BCUT2D eigenvalue weighted by Crippen LogP contribution is -2.60. The van der Waals surface area contributed by atoms with Gasteiger partial charge >= 0.3 is 0 Å². The van der Waals surface area contributed by atoms with Gasteiger partial charge in [0, 0.05) is 11.3 Å². The molecule has 2 bridgehead atoms. The molecule has 2 aliphatic rings. The van der Waals surface area contributed by atoms with Gasteiger partial charge in [0.25, 0.3) is 0 Å². The van der Waals surface area contributed by atoms with Gasteiger partial charge in [-0.3, -0.25) is 5.26 Å². The zero-order valence-electron chi connectivity index (χ0n) is 18.6. The highest BCUT2D eigenvalue weighted by Gasteiger charge is 2.65. The highest BCUT2D eigenvalue weighted by Crippen LogP contribution is 2.46. The summed E-state index contributed by atoms with van der Waals surface area (Å²) in [5.74, 6) is 1.28. The first-order chi connectivity index (χ1) is 16.6. The molecule has 2 fully saturated rings. The van der Waals surface area contributed by atoms with E-state index >= 15 is 0 Å². The molecule has 2 aliphatic heterocycles. The molecule has 2 aromatic carbocycles. The van der Waals surface area contributed by atoms with Crippen molar-refractivity contribution in [1.82, 2.24) is 0 Å². The highest BCUT2D eigenvalue weighted by molar-refractivity contribution is 5.31. The number of fused-ring (bicyclic) bond motifs is 2. The summed E-state index contributed by atoms with van der Waals surface area (Å²) in [7, 11) is 1.58. The van der Waals surface area contributed by atoms with E-state index in [0.29, 0.717) is 11.5 Å². The van der Waals surface area contributed by atoms with Gasteiger partial charge in [-0.15, -0.1) is 0 Å². The fourth-order valence-electron chi connectivity index (χ4n) is 4.36. The number of nitrogens with zero attached hydrogens (tertiary/aromatic N) is 3. The summed E-state index contributed by atoms with van der Waals surface area (Å²) in [6.45, 7) is -0.152. The fourth-order valence-corrected chi connectivity index (χ4v) is 4.36. The number of methoxy groups -OCH3 is 1. The molecule has 182 valence electrons. The maximum atomic E-state index is 9.75. The van der Waals surface area contributed by atoms with Crippen molar-refractivity contribution in [3.8, 4) is 11.5 Å². The Morgan fingerprint density at radius 2 is 1.88 bits per heavy atom. The number of ether oxygens (including phenoxy) is 5. The van der Waals surface area contributed by atoms with Gasteiger partial charge in [0.1, 0.15) is 29.8 Å². The molecule has 2 unspecified atom stereocenters. The minimum absolute atomic E-state index is 0.0683. The van der Waals surface area contributed by atoms with Crippen molar-refractivity contribution in [3.63, 3.8) is 0 Å². The Bertz CT molecular complexity index is 972. The minimum Gasteiger partial charge on any atom is -0.497 e. The predicted molar refractivity (Wildman–Crippen MR) is 118 cm³/mol. The predicted octanol–water partition coefficient (Wildman–Crippen LogP) is 3.07. The van der Waals surface area contributed by atoms with Crippen LogP contribution in [0.4, 0.5) is 0 Å². The summed E-state index contributed by atoms with van der Waals surface area (Å²) in [4.78, 5) is 7.60. The van der Waals surface area contributed by atoms with Crippen LogP contribution in [0.1, 0.15) is 12.0 Å². The van der Waals surface area contributed by atoms with E-state index in [2.05, 4.69) is 10.0 Å². The summed E-state index contributed by atoms with van der Waals surface area (Å²) in [6, 6.07) is 15.7. The molecule has 0 aliphatic carbocycles. The third kappa shape index (κ3) is 4.96. The molecule has 2 saturated heterocycles. The number of rotatable bonds is 11. The van der Waals surface area contributed by atoms with Crippen LogP contribution in [-0.4, -0.2) is 66.9 Å². The Morgan fingerprint density at radius 1 is 1.15 bits per heavy atom. The molecule has 2 N–H and O–H groups in total. The van der Waals surface area contributed by atoms with Gasteiger partial charge in [0.15, 0.2) is 12.4 Å². The first kappa shape index (κ1) is 24.2. The lowest BCUT2D eigenvalue weighted by Gasteiger charge is -2.43. The highest BCUT2D eigenvalue weighted by atomic mass is 17.1. The van der Waals surface area contributed by atoms with Gasteiger partial charge in [-0.1, -0.05) is 35.4 Å². The number of benzene rings is 2. The van der Waals surface area contributed by atoms with E-state index in [1.54, 1.807) is 31.4 Å². The largest absolute Gasteiger partial charge is 0.497 e. The van der Waals surface area contributed by atoms with Crippen LogP contribution in [-0.2, 0) is 25.7 Å². The number of azide groups is 1. The van der Waals surface area contributed by atoms with E-state index in [1.807, 2.05) is 30.3 Å². The van der Waals surface area contributed by atoms with Gasteiger partial charge in [-0.05, 0) is 35.4 Å². The molecular formula is C23H27N3O8. The Kier molecular flexibility index (Phi) is 7.86. The van der Waals surface area contributed by atoms with Gasteiger partial charge in [-0.2, -0.15) is 0 Å². The maximum absolute atomic E-state index is 9.75. The molecule has 0 saturated carbocycles. The number of hydrogen-bond donors (Lipinski definition) is 2. The molecule has 0 spiro atoms. The van der Waals surface area contributed by atoms with Gasteiger partial charge in [0.05, 0.1) is 32.5 Å². The van der Waals surface area contributed by atoms with E-state index in [-0.39, 0.29) is 19.6 Å². The molecule has 6 atom stereocenters. The number of aliphatic hydroxyl groups excluding tert-OH is 1. The summed E-state index contributed by atoms with van der Waals surface area (Å²) in [6.07, 6.45) is -3.30. The SMILES string of the molecule is COc1ccc(OC[C@H]2OC3O[C@H](C(CO)N=[N+]=[N-])C[C@@]2(OCc2ccccc2)[C@@H]3OO)cc1. The van der Waals surface area contributed by atoms with E-state index in [4.69, 9.17) is 34.1 Å². The minimum atomic E-state index is -1.21. The molecule has 11 heteroatoms. The second-order valence-corrected chi connectivity index (χ2v) is 8.07. The first-order valence-corrected chi connectivity index (χ1v) is 10.8. The standard InChI is InChI=1S/C23H27N3O8/c1-29-16-7-9-17(10-8-16)30-14-20-23(31-13-15-5-3-2-4-6-15)11-19(18(12-27)25-26-24)32-22(33-20)21(23)34-28/h2-10,18-22,27-28H,11-14H2,1H3/t18?,19-,20+,21+,22?,23-/m0/s1. The second-order valence-electron chi connectivity index (χ2n) is 8.07. The lowest BCUT2D eigenvalue weighted by molar-refractivity contribution is -0.361. The molecule has 0 amide bonds. The topological polar surface area (TPSA) is 145 Å². The van der Waals surface area contributed by atoms with Gasteiger partial charge in [0.2, 0.25) is 0 Å². The second kappa shape index (κ2) is 11.0.